The summed E-state index contributed by atoms with van der Waals surface area (Å²) in [7, 11) is 0. The van der Waals surface area contributed by atoms with Crippen LogP contribution in [0.15, 0.2) is 36.4 Å². The molecule has 0 bridgehead atoms. The predicted octanol–water partition coefficient (Wildman–Crippen LogP) is 2.75. The first-order chi connectivity index (χ1) is 12.1. The summed E-state index contributed by atoms with van der Waals surface area (Å²) in [5.74, 6) is -3.65. The van der Waals surface area contributed by atoms with Crippen LogP contribution in [-0.4, -0.2) is 59.9 Å². The third-order valence-electron chi connectivity index (χ3n) is 3.76. The molecule has 0 amide bonds. The number of likely N-dealkylation sites (tertiary alicyclic amines) is 1. The standard InChI is InChI=1S/C17H25NO.C2H2O4/c1-2-7-13-18(12-6-1)14-16-19-15-8-11-17-9-4-3-5-10-17;3-1(4)2(5)6/h3-5,8-11H,1-2,6-7,12-16H2;(H,3,4)(H,5,6)/b11-8+;. The summed E-state index contributed by atoms with van der Waals surface area (Å²) in [6.45, 7) is 5.15. The van der Waals surface area contributed by atoms with E-state index in [9.17, 15) is 0 Å². The maximum atomic E-state index is 9.10. The summed E-state index contributed by atoms with van der Waals surface area (Å²) in [4.78, 5) is 20.7. The van der Waals surface area contributed by atoms with E-state index in [1.165, 1.54) is 44.3 Å². The van der Waals surface area contributed by atoms with E-state index in [1.54, 1.807) is 0 Å². The summed E-state index contributed by atoms with van der Waals surface area (Å²) in [5.41, 5.74) is 1.23. The Bertz CT molecular complexity index is 510. The Labute approximate surface area is 148 Å². The molecule has 6 nitrogen and oxygen atoms in total. The summed E-state index contributed by atoms with van der Waals surface area (Å²) < 4.78 is 5.67. The Hall–Kier alpha value is -2.18. The Morgan fingerprint density at radius 3 is 2.16 bits per heavy atom. The van der Waals surface area contributed by atoms with Crippen LogP contribution in [0.4, 0.5) is 0 Å². The second kappa shape index (κ2) is 13.1. The third-order valence-corrected chi connectivity index (χ3v) is 3.76. The highest BCUT2D eigenvalue weighted by Gasteiger charge is 2.07. The summed E-state index contributed by atoms with van der Waals surface area (Å²) in [5, 5.41) is 14.8. The lowest BCUT2D eigenvalue weighted by Crippen LogP contribution is -2.28. The number of carbonyl (C=O) groups is 2. The van der Waals surface area contributed by atoms with Crippen molar-refractivity contribution < 1.29 is 24.5 Å². The van der Waals surface area contributed by atoms with Gasteiger partial charge in [-0.1, -0.05) is 55.3 Å². The molecule has 1 fully saturated rings. The van der Waals surface area contributed by atoms with Crippen molar-refractivity contribution in [2.75, 3.05) is 32.8 Å². The zero-order valence-electron chi connectivity index (χ0n) is 14.5. The van der Waals surface area contributed by atoms with Gasteiger partial charge < -0.3 is 19.8 Å². The van der Waals surface area contributed by atoms with Crippen molar-refractivity contribution in [2.24, 2.45) is 0 Å². The van der Waals surface area contributed by atoms with Gasteiger partial charge in [0.05, 0.1) is 13.2 Å². The Morgan fingerprint density at radius 1 is 1.00 bits per heavy atom. The molecular weight excluding hydrogens is 322 g/mol. The highest BCUT2D eigenvalue weighted by atomic mass is 16.5. The number of hydrogen-bond acceptors (Lipinski definition) is 4. The van der Waals surface area contributed by atoms with E-state index in [1.807, 2.05) is 6.07 Å². The zero-order valence-corrected chi connectivity index (χ0v) is 14.5. The van der Waals surface area contributed by atoms with Crippen molar-refractivity contribution in [3.8, 4) is 0 Å². The fourth-order valence-electron chi connectivity index (χ4n) is 2.45. The molecule has 0 aliphatic carbocycles. The summed E-state index contributed by atoms with van der Waals surface area (Å²) in [6, 6.07) is 10.4. The number of benzene rings is 1. The Morgan fingerprint density at radius 2 is 1.60 bits per heavy atom. The predicted molar refractivity (Wildman–Crippen MR) is 96.5 cm³/mol. The van der Waals surface area contributed by atoms with Gasteiger partial charge in [-0.3, -0.25) is 0 Å². The molecule has 0 spiro atoms. The third kappa shape index (κ3) is 11.1. The molecule has 1 aliphatic heterocycles. The molecule has 1 aromatic carbocycles. The molecule has 2 rings (SSSR count). The molecular formula is C19H27NO5. The van der Waals surface area contributed by atoms with E-state index in [0.29, 0.717) is 6.61 Å². The SMILES string of the molecule is C(=C\c1ccccc1)/COCCN1CCCCCC1.O=C(O)C(=O)O. The van der Waals surface area contributed by atoms with Gasteiger partial charge in [-0.2, -0.15) is 0 Å². The van der Waals surface area contributed by atoms with E-state index in [0.717, 1.165) is 13.2 Å². The van der Waals surface area contributed by atoms with Crippen LogP contribution in [0.5, 0.6) is 0 Å². The molecule has 6 heteroatoms. The molecule has 0 unspecified atom stereocenters. The van der Waals surface area contributed by atoms with Crippen LogP contribution in [-0.2, 0) is 14.3 Å². The van der Waals surface area contributed by atoms with Crippen LogP contribution in [0.2, 0.25) is 0 Å². The van der Waals surface area contributed by atoms with Crippen LogP contribution in [0, 0.1) is 0 Å². The van der Waals surface area contributed by atoms with Crippen molar-refractivity contribution in [1.82, 2.24) is 4.90 Å². The van der Waals surface area contributed by atoms with Crippen LogP contribution >= 0.6 is 0 Å². The Kier molecular flexibility index (Phi) is 11.0. The van der Waals surface area contributed by atoms with Crippen molar-refractivity contribution in [2.45, 2.75) is 25.7 Å². The molecule has 1 aromatic rings. The highest BCUT2D eigenvalue weighted by molar-refractivity contribution is 6.27. The second-order valence-electron chi connectivity index (χ2n) is 5.75. The molecule has 0 saturated carbocycles. The number of carboxylic acid groups (broad SMARTS) is 2. The number of rotatable bonds is 6. The van der Waals surface area contributed by atoms with Gasteiger partial charge in [0.1, 0.15) is 0 Å². The lowest BCUT2D eigenvalue weighted by atomic mass is 10.2. The van der Waals surface area contributed by atoms with E-state index in [2.05, 4.69) is 41.3 Å². The average molecular weight is 349 g/mol. The maximum absolute atomic E-state index is 9.10. The Balaban J connectivity index is 0.000000450. The minimum atomic E-state index is -1.82. The molecule has 0 atom stereocenters. The van der Waals surface area contributed by atoms with E-state index in [4.69, 9.17) is 24.5 Å². The average Bonchev–Trinajstić information content (AvgIpc) is 2.88. The van der Waals surface area contributed by atoms with Crippen LogP contribution in [0.3, 0.4) is 0 Å². The van der Waals surface area contributed by atoms with Crippen molar-refractivity contribution >= 4 is 18.0 Å². The minimum absolute atomic E-state index is 0.711. The molecule has 138 valence electrons. The van der Waals surface area contributed by atoms with Crippen molar-refractivity contribution in [3.63, 3.8) is 0 Å². The normalized spacial score (nSPS) is 15.2. The minimum Gasteiger partial charge on any atom is -0.473 e. The van der Waals surface area contributed by atoms with Gasteiger partial charge in [-0.15, -0.1) is 0 Å². The van der Waals surface area contributed by atoms with E-state index >= 15 is 0 Å². The smallest absolute Gasteiger partial charge is 0.414 e. The topological polar surface area (TPSA) is 87.1 Å². The molecule has 1 saturated heterocycles. The fraction of sp³-hybridized carbons (Fsp3) is 0.474. The second-order valence-corrected chi connectivity index (χ2v) is 5.75. The maximum Gasteiger partial charge on any atom is 0.414 e. The largest absolute Gasteiger partial charge is 0.473 e. The van der Waals surface area contributed by atoms with Gasteiger partial charge in [-0.25, -0.2) is 9.59 Å². The monoisotopic (exact) mass is 349 g/mol. The lowest BCUT2D eigenvalue weighted by Gasteiger charge is -2.19. The van der Waals surface area contributed by atoms with Gasteiger partial charge in [-0.05, 0) is 31.5 Å². The first-order valence-electron chi connectivity index (χ1n) is 8.57. The van der Waals surface area contributed by atoms with E-state index in [-0.39, 0.29) is 0 Å². The zero-order chi connectivity index (χ0) is 18.3. The van der Waals surface area contributed by atoms with Crippen LogP contribution in [0.1, 0.15) is 31.2 Å². The quantitative estimate of drug-likeness (QED) is 0.606. The van der Waals surface area contributed by atoms with Gasteiger partial charge in [0.15, 0.2) is 0 Å². The van der Waals surface area contributed by atoms with Gasteiger partial charge in [0.25, 0.3) is 0 Å². The first kappa shape index (κ1) is 20.9. The molecule has 2 N–H and O–H groups in total. The van der Waals surface area contributed by atoms with Gasteiger partial charge in [0.2, 0.25) is 0 Å². The number of ether oxygens (including phenoxy) is 1. The van der Waals surface area contributed by atoms with Crippen molar-refractivity contribution in [1.29, 1.82) is 0 Å². The summed E-state index contributed by atoms with van der Waals surface area (Å²) in [6.07, 6.45) is 9.72. The molecule has 0 radical (unpaired) electrons. The number of hydrogen-bond donors (Lipinski definition) is 2. The van der Waals surface area contributed by atoms with Crippen molar-refractivity contribution in [3.05, 3.63) is 42.0 Å². The molecule has 1 heterocycles. The van der Waals surface area contributed by atoms with Gasteiger partial charge >= 0.3 is 11.9 Å². The van der Waals surface area contributed by atoms with E-state index < -0.39 is 11.9 Å². The summed E-state index contributed by atoms with van der Waals surface area (Å²) >= 11 is 0. The highest BCUT2D eigenvalue weighted by Crippen LogP contribution is 2.08. The number of carboxylic acids is 2. The molecule has 25 heavy (non-hydrogen) atoms. The van der Waals surface area contributed by atoms with Gasteiger partial charge in [0, 0.05) is 6.54 Å². The number of aliphatic carboxylic acids is 2. The number of nitrogens with zero attached hydrogens (tertiary/aromatic N) is 1. The fourth-order valence-corrected chi connectivity index (χ4v) is 2.45. The van der Waals surface area contributed by atoms with Crippen LogP contribution in [0.25, 0.3) is 6.08 Å². The molecule has 0 aromatic heterocycles. The molecule has 1 aliphatic rings. The van der Waals surface area contributed by atoms with Crippen LogP contribution < -0.4 is 0 Å². The lowest BCUT2D eigenvalue weighted by molar-refractivity contribution is -0.159. The first-order valence-corrected chi connectivity index (χ1v) is 8.57.